The molecular formula is C18H31N3O3. The number of carboxylic acids is 1. The molecule has 0 aromatic heterocycles. The molecule has 1 saturated heterocycles. The lowest BCUT2D eigenvalue weighted by Gasteiger charge is -2.38. The molecule has 24 heavy (non-hydrogen) atoms. The number of aliphatic carboxylic acids is 1. The lowest BCUT2D eigenvalue weighted by molar-refractivity contribution is -0.135. The summed E-state index contributed by atoms with van der Waals surface area (Å²) < 4.78 is 0. The largest absolute Gasteiger partial charge is 0.478 e. The number of likely N-dealkylation sites (N-methyl/N-ethyl adjacent to an activating group) is 1. The average molecular weight is 337 g/mol. The van der Waals surface area contributed by atoms with E-state index in [4.69, 9.17) is 0 Å². The molecular weight excluding hydrogens is 306 g/mol. The molecule has 1 fully saturated rings. The zero-order chi connectivity index (χ0) is 17.7. The summed E-state index contributed by atoms with van der Waals surface area (Å²) >= 11 is 0. The monoisotopic (exact) mass is 337 g/mol. The predicted octanol–water partition coefficient (Wildman–Crippen LogP) is 1.42. The summed E-state index contributed by atoms with van der Waals surface area (Å²) in [6.07, 6.45) is 5.75. The van der Waals surface area contributed by atoms with Crippen LogP contribution in [0.3, 0.4) is 0 Å². The van der Waals surface area contributed by atoms with Crippen molar-refractivity contribution in [3.63, 3.8) is 0 Å². The van der Waals surface area contributed by atoms with Gasteiger partial charge in [0.25, 0.3) is 0 Å². The van der Waals surface area contributed by atoms with Crippen LogP contribution in [0, 0.1) is 0 Å². The molecule has 0 saturated carbocycles. The molecule has 0 aromatic rings. The standard InChI is InChI=1S/C18H31N3O3/c1-14(2)21(13-17(22)20-8-5-4-6-9-20)12-16-11-15(18(23)24)7-10-19(16)3/h7,14,16H,4-6,8-13H2,1-3H3,(H,23,24). The maximum absolute atomic E-state index is 12.6. The van der Waals surface area contributed by atoms with Crippen molar-refractivity contribution in [2.24, 2.45) is 0 Å². The predicted molar refractivity (Wildman–Crippen MR) is 93.9 cm³/mol. The van der Waals surface area contributed by atoms with Gasteiger partial charge in [-0.1, -0.05) is 6.08 Å². The first-order chi connectivity index (χ1) is 11.4. The molecule has 0 radical (unpaired) electrons. The van der Waals surface area contributed by atoms with Crippen LogP contribution < -0.4 is 0 Å². The van der Waals surface area contributed by atoms with Crippen molar-refractivity contribution >= 4 is 11.9 Å². The van der Waals surface area contributed by atoms with Gasteiger partial charge >= 0.3 is 5.97 Å². The van der Waals surface area contributed by atoms with Crippen molar-refractivity contribution < 1.29 is 14.7 Å². The Morgan fingerprint density at radius 3 is 2.54 bits per heavy atom. The fourth-order valence-electron chi connectivity index (χ4n) is 3.42. The lowest BCUT2D eigenvalue weighted by atomic mass is 9.99. The molecule has 6 nitrogen and oxygen atoms in total. The molecule has 1 N–H and O–H groups in total. The number of piperidine rings is 1. The number of amides is 1. The zero-order valence-corrected chi connectivity index (χ0v) is 15.2. The van der Waals surface area contributed by atoms with Gasteiger partial charge in [0.1, 0.15) is 0 Å². The van der Waals surface area contributed by atoms with E-state index < -0.39 is 5.97 Å². The molecule has 0 spiro atoms. The third kappa shape index (κ3) is 5.05. The van der Waals surface area contributed by atoms with Gasteiger partial charge in [0.05, 0.1) is 6.54 Å². The van der Waals surface area contributed by atoms with Crippen molar-refractivity contribution in [1.82, 2.24) is 14.7 Å². The highest BCUT2D eigenvalue weighted by Crippen LogP contribution is 2.19. The van der Waals surface area contributed by atoms with Crippen LogP contribution in [0.1, 0.15) is 39.5 Å². The first kappa shape index (κ1) is 18.9. The fourth-order valence-corrected chi connectivity index (χ4v) is 3.42. The van der Waals surface area contributed by atoms with E-state index in [1.807, 2.05) is 11.9 Å². The Morgan fingerprint density at radius 1 is 1.29 bits per heavy atom. The highest BCUT2D eigenvalue weighted by Gasteiger charge is 2.28. The molecule has 2 aliphatic rings. The van der Waals surface area contributed by atoms with Gasteiger partial charge in [-0.05, 0) is 46.6 Å². The number of carbonyl (C=O) groups excluding carboxylic acids is 1. The van der Waals surface area contributed by atoms with Gasteiger partial charge in [0.15, 0.2) is 0 Å². The van der Waals surface area contributed by atoms with Crippen LogP contribution >= 0.6 is 0 Å². The number of rotatable bonds is 6. The van der Waals surface area contributed by atoms with E-state index in [-0.39, 0.29) is 18.0 Å². The van der Waals surface area contributed by atoms with Gasteiger partial charge in [-0.15, -0.1) is 0 Å². The second-order valence-corrected chi connectivity index (χ2v) is 7.30. The van der Waals surface area contributed by atoms with Gasteiger partial charge < -0.3 is 10.0 Å². The maximum Gasteiger partial charge on any atom is 0.331 e. The second-order valence-electron chi connectivity index (χ2n) is 7.30. The second kappa shape index (κ2) is 8.62. The fraction of sp³-hybridized carbons (Fsp3) is 0.778. The third-order valence-electron chi connectivity index (χ3n) is 5.20. The quantitative estimate of drug-likeness (QED) is 0.794. The van der Waals surface area contributed by atoms with Crippen LogP contribution in [0.4, 0.5) is 0 Å². The number of hydrogen-bond acceptors (Lipinski definition) is 4. The van der Waals surface area contributed by atoms with Crippen LogP contribution in [0.5, 0.6) is 0 Å². The summed E-state index contributed by atoms with van der Waals surface area (Å²) in [5.74, 6) is -0.621. The van der Waals surface area contributed by atoms with E-state index in [9.17, 15) is 14.7 Å². The Morgan fingerprint density at radius 2 is 1.96 bits per heavy atom. The van der Waals surface area contributed by atoms with Crippen LogP contribution in [-0.4, -0.2) is 83.5 Å². The molecule has 2 heterocycles. The molecule has 1 unspecified atom stereocenters. The van der Waals surface area contributed by atoms with Crippen molar-refractivity contribution in [2.75, 3.05) is 39.8 Å². The summed E-state index contributed by atoms with van der Waals surface area (Å²) in [6.45, 7) is 7.74. The molecule has 6 heteroatoms. The number of carbonyl (C=O) groups is 2. The van der Waals surface area contributed by atoms with Crippen molar-refractivity contribution in [3.05, 3.63) is 11.6 Å². The summed E-state index contributed by atoms with van der Waals surface area (Å²) in [5.41, 5.74) is 0.490. The van der Waals surface area contributed by atoms with Crippen molar-refractivity contribution in [2.45, 2.75) is 51.6 Å². The smallest absolute Gasteiger partial charge is 0.331 e. The third-order valence-corrected chi connectivity index (χ3v) is 5.20. The zero-order valence-electron chi connectivity index (χ0n) is 15.2. The number of likely N-dealkylation sites (tertiary alicyclic amines) is 1. The minimum atomic E-state index is -0.825. The van der Waals surface area contributed by atoms with E-state index in [2.05, 4.69) is 23.6 Å². The minimum Gasteiger partial charge on any atom is -0.478 e. The van der Waals surface area contributed by atoms with Crippen molar-refractivity contribution in [3.8, 4) is 0 Å². The molecule has 1 amide bonds. The summed E-state index contributed by atoms with van der Waals surface area (Å²) in [6, 6.07) is 0.393. The molecule has 0 aromatic carbocycles. The van der Waals surface area contributed by atoms with Gasteiger partial charge in [0.2, 0.25) is 5.91 Å². The van der Waals surface area contributed by atoms with Gasteiger partial charge in [-0.3, -0.25) is 14.6 Å². The van der Waals surface area contributed by atoms with E-state index in [1.54, 1.807) is 6.08 Å². The average Bonchev–Trinajstić information content (AvgIpc) is 2.56. The Kier molecular flexibility index (Phi) is 6.80. The Hall–Kier alpha value is -1.40. The molecule has 0 bridgehead atoms. The van der Waals surface area contributed by atoms with Gasteiger partial charge in [0, 0.05) is 43.8 Å². The van der Waals surface area contributed by atoms with Crippen molar-refractivity contribution in [1.29, 1.82) is 0 Å². The molecule has 136 valence electrons. The molecule has 2 rings (SSSR count). The van der Waals surface area contributed by atoms with E-state index >= 15 is 0 Å². The van der Waals surface area contributed by atoms with Crippen LogP contribution in [-0.2, 0) is 9.59 Å². The van der Waals surface area contributed by atoms with E-state index in [0.29, 0.717) is 25.1 Å². The number of nitrogens with zero attached hydrogens (tertiary/aromatic N) is 3. The Labute approximate surface area is 145 Å². The van der Waals surface area contributed by atoms with Gasteiger partial charge in [-0.2, -0.15) is 0 Å². The Bertz CT molecular complexity index is 484. The molecule has 2 aliphatic heterocycles. The van der Waals surface area contributed by atoms with Crippen LogP contribution in [0.15, 0.2) is 11.6 Å². The Balaban J connectivity index is 1.96. The SMILES string of the molecule is CC(C)N(CC(=O)N1CCCCC1)CC1CC(C(=O)O)=CCN1C. The summed E-state index contributed by atoms with van der Waals surface area (Å²) in [4.78, 5) is 30.2. The van der Waals surface area contributed by atoms with Crippen LogP contribution in [0.2, 0.25) is 0 Å². The highest BCUT2D eigenvalue weighted by molar-refractivity contribution is 5.86. The summed E-state index contributed by atoms with van der Waals surface area (Å²) in [5, 5.41) is 9.24. The molecule has 1 atom stereocenters. The van der Waals surface area contributed by atoms with E-state index in [1.165, 1.54) is 6.42 Å². The lowest BCUT2D eigenvalue weighted by Crippen LogP contribution is -2.50. The van der Waals surface area contributed by atoms with Crippen LogP contribution in [0.25, 0.3) is 0 Å². The van der Waals surface area contributed by atoms with E-state index in [0.717, 1.165) is 32.5 Å². The topological polar surface area (TPSA) is 64.1 Å². The highest BCUT2D eigenvalue weighted by atomic mass is 16.4. The normalized spacial score (nSPS) is 22.8. The summed E-state index contributed by atoms with van der Waals surface area (Å²) in [7, 11) is 2.02. The first-order valence-electron chi connectivity index (χ1n) is 9.03. The molecule has 0 aliphatic carbocycles. The minimum absolute atomic E-state index is 0.137. The first-order valence-corrected chi connectivity index (χ1v) is 9.03. The number of hydrogen-bond donors (Lipinski definition) is 1. The number of carboxylic acid groups (broad SMARTS) is 1. The maximum atomic E-state index is 12.6. The van der Waals surface area contributed by atoms with Gasteiger partial charge in [-0.25, -0.2) is 4.79 Å².